The van der Waals surface area contributed by atoms with Gasteiger partial charge >= 0.3 is 0 Å². The Hall–Kier alpha value is -2.20. The maximum Gasteiger partial charge on any atom is 0.222 e. The quantitative estimate of drug-likeness (QED) is 0.758. The number of anilines is 1. The molecule has 0 aliphatic carbocycles. The van der Waals surface area contributed by atoms with Gasteiger partial charge in [0.1, 0.15) is 0 Å². The molecular formula is C16H20N4. The summed E-state index contributed by atoms with van der Waals surface area (Å²) < 4.78 is 0. The van der Waals surface area contributed by atoms with Gasteiger partial charge in [0.15, 0.2) is 0 Å². The highest BCUT2D eigenvalue weighted by atomic mass is 15.1. The van der Waals surface area contributed by atoms with E-state index in [-0.39, 0.29) is 0 Å². The van der Waals surface area contributed by atoms with Crippen LogP contribution >= 0.6 is 0 Å². The first-order valence-electron chi connectivity index (χ1n) is 6.78. The van der Waals surface area contributed by atoms with Crippen LogP contribution < -0.4 is 10.6 Å². The summed E-state index contributed by atoms with van der Waals surface area (Å²) >= 11 is 0. The molecule has 0 aliphatic heterocycles. The zero-order valence-corrected chi connectivity index (χ0v) is 11.7. The summed E-state index contributed by atoms with van der Waals surface area (Å²) in [6, 6.07) is 12.2. The Kier molecular flexibility index (Phi) is 5.73. The van der Waals surface area contributed by atoms with Crippen LogP contribution in [0.5, 0.6) is 0 Å². The molecule has 0 radical (unpaired) electrons. The number of hydrogen-bond acceptors (Lipinski definition) is 4. The van der Waals surface area contributed by atoms with Gasteiger partial charge in [-0.2, -0.15) is 0 Å². The summed E-state index contributed by atoms with van der Waals surface area (Å²) in [5.41, 5.74) is 2.55. The van der Waals surface area contributed by atoms with E-state index >= 15 is 0 Å². The third-order valence-corrected chi connectivity index (χ3v) is 2.77. The fourth-order valence-electron chi connectivity index (χ4n) is 1.82. The van der Waals surface area contributed by atoms with E-state index in [1.54, 1.807) is 18.5 Å². The van der Waals surface area contributed by atoms with Gasteiger partial charge in [0.2, 0.25) is 5.95 Å². The number of hydrogen-bond donors (Lipinski definition) is 2. The van der Waals surface area contributed by atoms with Crippen LogP contribution in [0, 0.1) is 0 Å². The van der Waals surface area contributed by atoms with Gasteiger partial charge in [0.05, 0.1) is 0 Å². The van der Waals surface area contributed by atoms with Crippen molar-refractivity contribution in [1.29, 1.82) is 0 Å². The molecule has 2 N–H and O–H groups in total. The Labute approximate surface area is 120 Å². The third-order valence-electron chi connectivity index (χ3n) is 2.77. The van der Waals surface area contributed by atoms with Crippen LogP contribution in [0.2, 0.25) is 0 Å². The highest BCUT2D eigenvalue weighted by Gasteiger charge is 1.94. The average molecular weight is 268 g/mol. The smallest absolute Gasteiger partial charge is 0.222 e. The van der Waals surface area contributed by atoms with Gasteiger partial charge in [-0.15, -0.1) is 0 Å². The van der Waals surface area contributed by atoms with Crippen molar-refractivity contribution in [3.8, 4) is 0 Å². The predicted octanol–water partition coefficient (Wildman–Crippen LogP) is 2.58. The number of benzene rings is 1. The van der Waals surface area contributed by atoms with Crippen LogP contribution in [0.1, 0.15) is 12.5 Å². The molecule has 0 bridgehead atoms. The Morgan fingerprint density at radius 2 is 1.80 bits per heavy atom. The first-order chi connectivity index (χ1) is 9.84. The van der Waals surface area contributed by atoms with E-state index < -0.39 is 0 Å². The number of rotatable bonds is 7. The van der Waals surface area contributed by atoms with Crippen LogP contribution in [-0.2, 0) is 0 Å². The average Bonchev–Trinajstić information content (AvgIpc) is 2.49. The molecule has 2 aromatic rings. The lowest BCUT2D eigenvalue weighted by Gasteiger charge is -2.06. The van der Waals surface area contributed by atoms with Crippen molar-refractivity contribution in [1.82, 2.24) is 15.3 Å². The van der Waals surface area contributed by atoms with Crippen LogP contribution in [0.3, 0.4) is 0 Å². The van der Waals surface area contributed by atoms with Crippen molar-refractivity contribution in [2.24, 2.45) is 0 Å². The van der Waals surface area contributed by atoms with Gasteiger partial charge in [-0.25, -0.2) is 9.97 Å². The summed E-state index contributed by atoms with van der Waals surface area (Å²) in [4.78, 5) is 8.21. The molecule has 0 saturated carbocycles. The standard InChI is InChI=1S/C16H20N4/c1-14(12-15-6-3-2-4-7-15)13-17-10-11-20-16-18-8-5-9-19-16/h2-9,12,17H,10-11,13H2,1H3,(H,18,19,20)/b14-12-. The Bertz CT molecular complexity index is 523. The first kappa shape index (κ1) is 14.2. The van der Waals surface area contributed by atoms with E-state index in [1.807, 2.05) is 6.07 Å². The van der Waals surface area contributed by atoms with Gasteiger partial charge in [0.25, 0.3) is 0 Å². The van der Waals surface area contributed by atoms with Gasteiger partial charge in [-0.3, -0.25) is 0 Å². The molecule has 4 heteroatoms. The second kappa shape index (κ2) is 8.07. The van der Waals surface area contributed by atoms with Crippen molar-refractivity contribution in [3.63, 3.8) is 0 Å². The maximum atomic E-state index is 4.11. The van der Waals surface area contributed by atoms with Crippen LogP contribution in [0.4, 0.5) is 5.95 Å². The summed E-state index contributed by atoms with van der Waals surface area (Å²) in [6.07, 6.45) is 5.66. The SMILES string of the molecule is C/C(=C/c1ccccc1)CNCCNc1ncccn1. The molecule has 2 rings (SSSR count). The minimum atomic E-state index is 0.672. The predicted molar refractivity (Wildman–Crippen MR) is 83.5 cm³/mol. The van der Waals surface area contributed by atoms with E-state index in [0.717, 1.165) is 19.6 Å². The minimum Gasteiger partial charge on any atom is -0.353 e. The van der Waals surface area contributed by atoms with Crippen molar-refractivity contribution in [2.45, 2.75) is 6.92 Å². The third kappa shape index (κ3) is 5.20. The molecule has 0 saturated heterocycles. The van der Waals surface area contributed by atoms with Crippen LogP contribution in [0.15, 0.2) is 54.4 Å². The minimum absolute atomic E-state index is 0.672. The largest absolute Gasteiger partial charge is 0.353 e. The Morgan fingerprint density at radius 1 is 1.05 bits per heavy atom. The zero-order valence-electron chi connectivity index (χ0n) is 11.7. The molecule has 0 aliphatic rings. The van der Waals surface area contributed by atoms with Gasteiger partial charge in [0, 0.05) is 32.0 Å². The topological polar surface area (TPSA) is 49.8 Å². The van der Waals surface area contributed by atoms with E-state index in [1.165, 1.54) is 11.1 Å². The number of aromatic nitrogens is 2. The molecule has 0 spiro atoms. The molecule has 1 heterocycles. The van der Waals surface area contributed by atoms with Gasteiger partial charge < -0.3 is 10.6 Å². The second-order valence-electron chi connectivity index (χ2n) is 4.58. The molecule has 4 nitrogen and oxygen atoms in total. The Morgan fingerprint density at radius 3 is 2.55 bits per heavy atom. The summed E-state index contributed by atoms with van der Waals surface area (Å²) in [7, 11) is 0. The van der Waals surface area contributed by atoms with Gasteiger partial charge in [-0.1, -0.05) is 42.0 Å². The molecule has 104 valence electrons. The molecule has 0 unspecified atom stereocenters. The summed E-state index contributed by atoms with van der Waals surface area (Å²) in [5.74, 6) is 0.672. The van der Waals surface area contributed by atoms with Crippen molar-refractivity contribution in [3.05, 3.63) is 59.9 Å². The van der Waals surface area contributed by atoms with Crippen molar-refractivity contribution >= 4 is 12.0 Å². The normalized spacial score (nSPS) is 11.3. The highest BCUT2D eigenvalue weighted by molar-refractivity contribution is 5.52. The first-order valence-corrected chi connectivity index (χ1v) is 6.78. The molecule has 0 fully saturated rings. The zero-order chi connectivity index (χ0) is 14.0. The monoisotopic (exact) mass is 268 g/mol. The van der Waals surface area contributed by atoms with Crippen molar-refractivity contribution < 1.29 is 0 Å². The van der Waals surface area contributed by atoms with Gasteiger partial charge in [-0.05, 0) is 18.6 Å². The fourth-order valence-corrected chi connectivity index (χ4v) is 1.82. The fraction of sp³-hybridized carbons (Fsp3) is 0.250. The maximum absolute atomic E-state index is 4.11. The molecule has 20 heavy (non-hydrogen) atoms. The molecule has 0 amide bonds. The van der Waals surface area contributed by atoms with E-state index in [4.69, 9.17) is 0 Å². The lowest BCUT2D eigenvalue weighted by molar-refractivity contribution is 0.750. The lowest BCUT2D eigenvalue weighted by Crippen LogP contribution is -2.24. The summed E-state index contributed by atoms with van der Waals surface area (Å²) in [6.45, 7) is 4.70. The molecule has 1 aromatic heterocycles. The van der Waals surface area contributed by atoms with E-state index in [9.17, 15) is 0 Å². The van der Waals surface area contributed by atoms with E-state index in [2.05, 4.69) is 57.9 Å². The number of nitrogens with zero attached hydrogens (tertiary/aromatic N) is 2. The van der Waals surface area contributed by atoms with E-state index in [0.29, 0.717) is 5.95 Å². The summed E-state index contributed by atoms with van der Waals surface area (Å²) in [5, 5.41) is 6.55. The highest BCUT2D eigenvalue weighted by Crippen LogP contribution is 2.04. The number of nitrogens with one attached hydrogen (secondary N) is 2. The van der Waals surface area contributed by atoms with Crippen molar-refractivity contribution in [2.75, 3.05) is 25.0 Å². The lowest BCUT2D eigenvalue weighted by atomic mass is 10.1. The molecular weight excluding hydrogens is 248 g/mol. The molecule has 1 aromatic carbocycles. The van der Waals surface area contributed by atoms with Crippen LogP contribution in [0.25, 0.3) is 6.08 Å². The second-order valence-corrected chi connectivity index (χ2v) is 4.58. The molecule has 0 atom stereocenters. The Balaban J connectivity index is 1.65. The van der Waals surface area contributed by atoms with Crippen LogP contribution in [-0.4, -0.2) is 29.6 Å².